The smallest absolute Gasteiger partial charge is 0.338 e. The molecule has 0 saturated carbocycles. The molecular formula is C18H16N4O4S. The third kappa shape index (κ3) is 4.32. The lowest BCUT2D eigenvalue weighted by Crippen LogP contribution is -2.09. The van der Waals surface area contributed by atoms with Gasteiger partial charge in [0.05, 0.1) is 15.4 Å². The van der Waals surface area contributed by atoms with Crippen LogP contribution >= 0.6 is 11.8 Å². The van der Waals surface area contributed by atoms with Gasteiger partial charge >= 0.3 is 5.97 Å². The highest BCUT2D eigenvalue weighted by Crippen LogP contribution is 2.34. The first-order valence-corrected chi connectivity index (χ1v) is 8.83. The van der Waals surface area contributed by atoms with E-state index in [1.165, 1.54) is 24.5 Å². The van der Waals surface area contributed by atoms with Crippen molar-refractivity contribution in [3.05, 3.63) is 76.1 Å². The van der Waals surface area contributed by atoms with Crippen LogP contribution < -0.4 is 0 Å². The Morgan fingerprint density at radius 2 is 2.00 bits per heavy atom. The van der Waals surface area contributed by atoms with E-state index in [0.717, 1.165) is 17.3 Å². The van der Waals surface area contributed by atoms with Gasteiger partial charge in [0.2, 0.25) is 0 Å². The van der Waals surface area contributed by atoms with Crippen molar-refractivity contribution >= 4 is 23.4 Å². The van der Waals surface area contributed by atoms with Crippen LogP contribution in [0.5, 0.6) is 0 Å². The van der Waals surface area contributed by atoms with E-state index >= 15 is 0 Å². The Balaban J connectivity index is 1.82. The Bertz CT molecular complexity index is 975. The van der Waals surface area contributed by atoms with Crippen LogP contribution in [0.3, 0.4) is 0 Å². The van der Waals surface area contributed by atoms with Gasteiger partial charge in [0.25, 0.3) is 5.69 Å². The van der Waals surface area contributed by atoms with Crippen molar-refractivity contribution in [1.29, 1.82) is 0 Å². The lowest BCUT2D eigenvalue weighted by molar-refractivity contribution is -0.387. The second-order valence-corrected chi connectivity index (χ2v) is 6.73. The summed E-state index contributed by atoms with van der Waals surface area (Å²) in [6, 6.07) is 13.5. The number of aryl methyl sites for hydroxylation is 1. The Labute approximate surface area is 159 Å². The SMILES string of the molecule is CC(OC(=O)c1ccc(Sc2nncn2C)c([N+](=O)[O-])c1)c1ccccc1. The minimum Gasteiger partial charge on any atom is -0.454 e. The number of nitro groups is 1. The summed E-state index contributed by atoms with van der Waals surface area (Å²) in [5.41, 5.74) is 0.770. The molecule has 8 nitrogen and oxygen atoms in total. The van der Waals surface area contributed by atoms with Gasteiger partial charge in [-0.3, -0.25) is 10.1 Å². The molecule has 27 heavy (non-hydrogen) atoms. The molecule has 1 heterocycles. The average molecular weight is 384 g/mol. The molecular weight excluding hydrogens is 368 g/mol. The van der Waals surface area contributed by atoms with Gasteiger partial charge in [0.15, 0.2) is 5.16 Å². The highest BCUT2D eigenvalue weighted by Gasteiger charge is 2.21. The van der Waals surface area contributed by atoms with Crippen molar-refractivity contribution in [3.63, 3.8) is 0 Å². The number of hydrogen-bond donors (Lipinski definition) is 0. The standard InChI is InChI=1S/C18H16N4O4S/c1-12(13-6-4-3-5-7-13)26-17(23)14-8-9-16(15(10-14)22(24)25)27-18-20-19-11-21(18)2/h3-12H,1-2H3. The molecule has 3 rings (SSSR count). The van der Waals surface area contributed by atoms with Crippen LogP contribution in [0.15, 0.2) is 64.9 Å². The van der Waals surface area contributed by atoms with E-state index in [-0.39, 0.29) is 11.3 Å². The topological polar surface area (TPSA) is 100 Å². The third-order valence-electron chi connectivity index (χ3n) is 3.82. The molecule has 0 radical (unpaired) electrons. The maximum absolute atomic E-state index is 12.4. The van der Waals surface area contributed by atoms with Gasteiger partial charge in [-0.15, -0.1) is 10.2 Å². The Morgan fingerprint density at radius 3 is 2.63 bits per heavy atom. The molecule has 0 aliphatic carbocycles. The summed E-state index contributed by atoms with van der Waals surface area (Å²) in [6.45, 7) is 1.75. The first-order valence-electron chi connectivity index (χ1n) is 8.02. The number of rotatable bonds is 6. The van der Waals surface area contributed by atoms with Crippen molar-refractivity contribution in [2.45, 2.75) is 23.1 Å². The van der Waals surface area contributed by atoms with Gasteiger partial charge in [0.1, 0.15) is 12.4 Å². The Morgan fingerprint density at radius 1 is 1.26 bits per heavy atom. The number of esters is 1. The van der Waals surface area contributed by atoms with E-state index < -0.39 is 17.0 Å². The number of hydrogen-bond acceptors (Lipinski definition) is 7. The fourth-order valence-electron chi connectivity index (χ4n) is 2.36. The molecule has 0 bridgehead atoms. The first-order chi connectivity index (χ1) is 13.0. The lowest BCUT2D eigenvalue weighted by atomic mass is 10.1. The van der Waals surface area contributed by atoms with Crippen LogP contribution in [0.25, 0.3) is 0 Å². The van der Waals surface area contributed by atoms with Gasteiger partial charge in [0, 0.05) is 13.1 Å². The molecule has 0 N–H and O–H groups in total. The second-order valence-electron chi connectivity index (χ2n) is 5.72. The molecule has 0 saturated heterocycles. The Kier molecular flexibility index (Phi) is 5.51. The van der Waals surface area contributed by atoms with Crippen molar-refractivity contribution in [1.82, 2.24) is 14.8 Å². The molecule has 9 heteroatoms. The highest BCUT2D eigenvalue weighted by atomic mass is 32.2. The van der Waals surface area contributed by atoms with E-state index in [1.807, 2.05) is 30.3 Å². The number of ether oxygens (including phenoxy) is 1. The highest BCUT2D eigenvalue weighted by molar-refractivity contribution is 7.99. The summed E-state index contributed by atoms with van der Waals surface area (Å²) < 4.78 is 7.08. The van der Waals surface area contributed by atoms with Crippen LogP contribution in [-0.4, -0.2) is 25.7 Å². The molecule has 138 valence electrons. The number of carbonyl (C=O) groups excluding carboxylic acids is 1. The zero-order valence-corrected chi connectivity index (χ0v) is 15.4. The third-order valence-corrected chi connectivity index (χ3v) is 4.93. The zero-order valence-electron chi connectivity index (χ0n) is 14.6. The van der Waals surface area contributed by atoms with Crippen molar-refractivity contribution in [3.8, 4) is 0 Å². The van der Waals surface area contributed by atoms with Crippen LogP contribution in [0.4, 0.5) is 5.69 Å². The second kappa shape index (κ2) is 8.00. The predicted molar refractivity (Wildman–Crippen MR) is 98.5 cm³/mol. The molecule has 2 aromatic carbocycles. The molecule has 0 amide bonds. The molecule has 0 fully saturated rings. The normalized spacial score (nSPS) is 11.8. The van der Waals surface area contributed by atoms with E-state index in [4.69, 9.17) is 4.74 Å². The summed E-state index contributed by atoms with van der Waals surface area (Å²) in [7, 11) is 1.74. The number of nitro benzene ring substituents is 1. The molecule has 1 aromatic heterocycles. The van der Waals surface area contributed by atoms with E-state index in [0.29, 0.717) is 10.1 Å². The van der Waals surface area contributed by atoms with Crippen molar-refractivity contribution in [2.75, 3.05) is 0 Å². The summed E-state index contributed by atoms with van der Waals surface area (Å²) in [6.07, 6.45) is 1.04. The van der Waals surface area contributed by atoms with Gasteiger partial charge in [-0.2, -0.15) is 0 Å². The largest absolute Gasteiger partial charge is 0.454 e. The first kappa shape index (κ1) is 18.6. The predicted octanol–water partition coefficient (Wildman–Crippen LogP) is 3.79. The van der Waals surface area contributed by atoms with Crippen LogP contribution in [0, 0.1) is 10.1 Å². The summed E-state index contributed by atoms with van der Waals surface area (Å²) in [5.74, 6) is -0.621. The van der Waals surface area contributed by atoms with Gasteiger partial charge in [-0.1, -0.05) is 30.3 Å². The fraction of sp³-hybridized carbons (Fsp3) is 0.167. The maximum atomic E-state index is 12.4. The molecule has 1 atom stereocenters. The van der Waals surface area contributed by atoms with E-state index in [9.17, 15) is 14.9 Å². The fourth-order valence-corrected chi connectivity index (χ4v) is 3.21. The van der Waals surface area contributed by atoms with Gasteiger partial charge in [-0.05, 0) is 36.4 Å². The maximum Gasteiger partial charge on any atom is 0.338 e. The van der Waals surface area contributed by atoms with Crippen LogP contribution in [-0.2, 0) is 11.8 Å². The number of benzene rings is 2. The van der Waals surface area contributed by atoms with Crippen LogP contribution in [0.2, 0.25) is 0 Å². The van der Waals surface area contributed by atoms with Crippen molar-refractivity contribution < 1.29 is 14.5 Å². The quantitative estimate of drug-likeness (QED) is 0.362. The molecule has 0 aliphatic rings. The molecule has 0 aliphatic heterocycles. The number of aromatic nitrogens is 3. The summed E-state index contributed by atoms with van der Waals surface area (Å²) in [5, 5.41) is 19.6. The number of carbonyl (C=O) groups is 1. The number of nitrogens with zero attached hydrogens (tertiary/aromatic N) is 4. The monoisotopic (exact) mass is 384 g/mol. The lowest BCUT2D eigenvalue weighted by Gasteiger charge is -2.13. The van der Waals surface area contributed by atoms with Gasteiger partial charge in [-0.25, -0.2) is 4.79 Å². The molecule has 1 unspecified atom stereocenters. The zero-order chi connectivity index (χ0) is 19.4. The molecule has 3 aromatic rings. The van der Waals surface area contributed by atoms with Gasteiger partial charge < -0.3 is 9.30 Å². The minimum absolute atomic E-state index is 0.117. The van der Waals surface area contributed by atoms with E-state index in [2.05, 4.69) is 10.2 Å². The van der Waals surface area contributed by atoms with Crippen LogP contribution in [0.1, 0.15) is 28.9 Å². The summed E-state index contributed by atoms with van der Waals surface area (Å²) in [4.78, 5) is 23.7. The summed E-state index contributed by atoms with van der Waals surface area (Å²) >= 11 is 1.10. The van der Waals surface area contributed by atoms with E-state index in [1.54, 1.807) is 18.5 Å². The Hall–Kier alpha value is -3.20. The average Bonchev–Trinajstić information content (AvgIpc) is 3.07. The minimum atomic E-state index is -0.621. The van der Waals surface area contributed by atoms with Crippen molar-refractivity contribution in [2.24, 2.45) is 7.05 Å². The molecule has 0 spiro atoms.